The van der Waals surface area contributed by atoms with Crippen molar-refractivity contribution >= 4 is 23.3 Å². The van der Waals surface area contributed by atoms with Gasteiger partial charge in [-0.15, -0.1) is 0 Å². The molecule has 2 heterocycles. The normalized spacial score (nSPS) is 18.8. The Kier molecular flexibility index (Phi) is 6.13. The van der Waals surface area contributed by atoms with Gasteiger partial charge in [-0.25, -0.2) is 0 Å². The number of hydrogen-bond acceptors (Lipinski definition) is 7. The summed E-state index contributed by atoms with van der Waals surface area (Å²) in [6.07, 6.45) is 1.08. The minimum absolute atomic E-state index is 0.0418. The average Bonchev–Trinajstić information content (AvgIpc) is 2.73. The first-order valence-corrected chi connectivity index (χ1v) is 9.49. The quantitative estimate of drug-likeness (QED) is 0.435. The van der Waals surface area contributed by atoms with Crippen LogP contribution in [0.4, 0.5) is 11.4 Å². The van der Waals surface area contributed by atoms with E-state index in [0.29, 0.717) is 50.3 Å². The van der Waals surface area contributed by atoms with Crippen molar-refractivity contribution in [3.05, 3.63) is 33.9 Å². The van der Waals surface area contributed by atoms with Gasteiger partial charge in [0.2, 0.25) is 0 Å². The van der Waals surface area contributed by atoms with Crippen LogP contribution < -0.4 is 4.90 Å². The number of rotatable bonds is 4. The Balaban J connectivity index is 1.74. The van der Waals surface area contributed by atoms with E-state index in [4.69, 9.17) is 4.74 Å². The first kappa shape index (κ1) is 20.1. The van der Waals surface area contributed by atoms with Crippen molar-refractivity contribution in [1.82, 2.24) is 9.80 Å². The molecule has 2 aliphatic heterocycles. The molecule has 0 radical (unpaired) electrons. The number of hydrogen-bond donors (Lipinski definition) is 0. The van der Waals surface area contributed by atoms with Crippen molar-refractivity contribution in [1.29, 1.82) is 0 Å². The van der Waals surface area contributed by atoms with Crippen LogP contribution in [0.15, 0.2) is 18.2 Å². The predicted octanol–water partition coefficient (Wildman–Crippen LogP) is 1.37. The molecule has 0 aliphatic carbocycles. The summed E-state index contributed by atoms with van der Waals surface area (Å²) in [6, 6.07) is 4.72. The first-order chi connectivity index (χ1) is 13.4. The Hall–Kier alpha value is -2.68. The van der Waals surface area contributed by atoms with E-state index in [1.165, 1.54) is 13.2 Å². The van der Waals surface area contributed by atoms with Gasteiger partial charge in [0.05, 0.1) is 18.0 Å². The van der Waals surface area contributed by atoms with Gasteiger partial charge in [-0.1, -0.05) is 0 Å². The maximum Gasteiger partial charge on any atom is 0.308 e. The number of ether oxygens (including phenoxy) is 1. The SMILES string of the molecule is COC(=O)C1CCN(C(=O)c2ccc(N3CCN(C)CC3)c([N+](=O)[O-])c2)CC1. The lowest BCUT2D eigenvalue weighted by molar-refractivity contribution is -0.384. The number of piperazine rings is 1. The van der Waals surface area contributed by atoms with Crippen molar-refractivity contribution in [2.24, 2.45) is 5.92 Å². The molecule has 1 aromatic rings. The van der Waals surface area contributed by atoms with Crippen molar-refractivity contribution in [3.8, 4) is 0 Å². The molecule has 0 saturated carbocycles. The van der Waals surface area contributed by atoms with Crippen LogP contribution in [-0.2, 0) is 9.53 Å². The lowest BCUT2D eigenvalue weighted by Gasteiger charge is -2.34. The smallest absolute Gasteiger partial charge is 0.308 e. The van der Waals surface area contributed by atoms with E-state index in [1.54, 1.807) is 17.0 Å². The molecular formula is C19H26N4O5. The molecule has 9 nitrogen and oxygen atoms in total. The summed E-state index contributed by atoms with van der Waals surface area (Å²) in [5.41, 5.74) is 0.819. The lowest BCUT2D eigenvalue weighted by atomic mass is 9.96. The van der Waals surface area contributed by atoms with Crippen molar-refractivity contribution < 1.29 is 19.2 Å². The molecule has 3 rings (SSSR count). The minimum Gasteiger partial charge on any atom is -0.469 e. The summed E-state index contributed by atoms with van der Waals surface area (Å²) >= 11 is 0. The number of likely N-dealkylation sites (N-methyl/N-ethyl adjacent to an activating group) is 1. The molecule has 0 aromatic heterocycles. The maximum atomic E-state index is 12.8. The van der Waals surface area contributed by atoms with Gasteiger partial charge in [-0.3, -0.25) is 19.7 Å². The van der Waals surface area contributed by atoms with Crippen LogP contribution in [0.1, 0.15) is 23.2 Å². The van der Waals surface area contributed by atoms with E-state index in [2.05, 4.69) is 4.90 Å². The summed E-state index contributed by atoms with van der Waals surface area (Å²) in [5, 5.41) is 11.6. The van der Waals surface area contributed by atoms with E-state index >= 15 is 0 Å². The van der Waals surface area contributed by atoms with Crippen LogP contribution in [-0.4, -0.2) is 80.0 Å². The zero-order chi connectivity index (χ0) is 20.3. The van der Waals surface area contributed by atoms with Crippen LogP contribution >= 0.6 is 0 Å². The van der Waals surface area contributed by atoms with Gasteiger partial charge in [0.15, 0.2) is 0 Å². The highest BCUT2D eigenvalue weighted by Crippen LogP contribution is 2.31. The molecule has 0 unspecified atom stereocenters. The third-order valence-electron chi connectivity index (χ3n) is 5.58. The zero-order valence-electron chi connectivity index (χ0n) is 16.3. The van der Waals surface area contributed by atoms with Crippen molar-refractivity contribution in [2.45, 2.75) is 12.8 Å². The van der Waals surface area contributed by atoms with E-state index in [9.17, 15) is 19.7 Å². The molecule has 2 aliphatic rings. The number of carbonyl (C=O) groups excluding carboxylic acids is 2. The molecule has 1 aromatic carbocycles. The van der Waals surface area contributed by atoms with Crippen LogP contribution in [0, 0.1) is 16.0 Å². The Labute approximate surface area is 164 Å². The minimum atomic E-state index is -0.423. The Bertz CT molecular complexity index is 753. The highest BCUT2D eigenvalue weighted by molar-refractivity contribution is 5.96. The number of likely N-dealkylation sites (tertiary alicyclic amines) is 1. The number of esters is 1. The Morgan fingerprint density at radius 1 is 1.11 bits per heavy atom. The van der Waals surface area contributed by atoms with Crippen LogP contribution in [0.2, 0.25) is 0 Å². The number of nitro benzene ring substituents is 1. The average molecular weight is 390 g/mol. The summed E-state index contributed by atoms with van der Waals surface area (Å²) in [5.74, 6) is -0.682. The number of carbonyl (C=O) groups is 2. The number of nitrogens with zero attached hydrogens (tertiary/aromatic N) is 4. The monoisotopic (exact) mass is 390 g/mol. The second kappa shape index (κ2) is 8.55. The molecule has 1 amide bonds. The topological polar surface area (TPSA) is 96.2 Å². The first-order valence-electron chi connectivity index (χ1n) is 9.49. The standard InChI is InChI=1S/C19H26N4O5/c1-20-9-11-21(12-10-20)16-4-3-15(13-17(16)23(26)27)18(24)22-7-5-14(6-8-22)19(25)28-2/h3-4,13-14H,5-12H2,1-2H3. The highest BCUT2D eigenvalue weighted by atomic mass is 16.6. The maximum absolute atomic E-state index is 12.8. The molecular weight excluding hydrogens is 364 g/mol. The second-order valence-electron chi connectivity index (χ2n) is 7.34. The third-order valence-corrected chi connectivity index (χ3v) is 5.58. The van der Waals surface area contributed by atoms with Gasteiger partial charge in [0.1, 0.15) is 5.69 Å². The Morgan fingerprint density at radius 2 is 1.75 bits per heavy atom. The van der Waals surface area contributed by atoms with Gasteiger partial charge in [-0.05, 0) is 32.0 Å². The summed E-state index contributed by atoms with van der Waals surface area (Å²) in [4.78, 5) is 41.5. The number of nitro groups is 1. The fraction of sp³-hybridized carbons (Fsp3) is 0.579. The molecule has 9 heteroatoms. The number of methoxy groups -OCH3 is 1. The molecule has 2 saturated heterocycles. The number of amides is 1. The number of anilines is 1. The molecule has 28 heavy (non-hydrogen) atoms. The summed E-state index contributed by atoms with van der Waals surface area (Å²) in [7, 11) is 3.39. The van der Waals surface area contributed by atoms with Gasteiger partial charge in [-0.2, -0.15) is 0 Å². The fourth-order valence-corrected chi connectivity index (χ4v) is 3.78. The van der Waals surface area contributed by atoms with E-state index in [1.807, 2.05) is 11.9 Å². The number of benzene rings is 1. The molecule has 2 fully saturated rings. The van der Waals surface area contributed by atoms with Crippen LogP contribution in [0.5, 0.6) is 0 Å². The van der Waals surface area contributed by atoms with Crippen LogP contribution in [0.3, 0.4) is 0 Å². The number of piperidine rings is 1. The predicted molar refractivity (Wildman–Crippen MR) is 103 cm³/mol. The Morgan fingerprint density at radius 3 is 2.32 bits per heavy atom. The van der Waals surface area contributed by atoms with E-state index < -0.39 is 4.92 Å². The molecule has 0 atom stereocenters. The molecule has 0 bridgehead atoms. The molecule has 0 spiro atoms. The van der Waals surface area contributed by atoms with Gasteiger partial charge >= 0.3 is 5.97 Å². The van der Waals surface area contributed by atoms with Crippen molar-refractivity contribution in [3.63, 3.8) is 0 Å². The second-order valence-corrected chi connectivity index (χ2v) is 7.34. The fourth-order valence-electron chi connectivity index (χ4n) is 3.78. The largest absolute Gasteiger partial charge is 0.469 e. The lowest BCUT2D eigenvalue weighted by Crippen LogP contribution is -2.44. The van der Waals surface area contributed by atoms with Gasteiger partial charge < -0.3 is 19.4 Å². The summed E-state index contributed by atoms with van der Waals surface area (Å²) < 4.78 is 4.76. The van der Waals surface area contributed by atoms with E-state index in [-0.39, 0.29) is 23.5 Å². The third kappa shape index (κ3) is 4.24. The van der Waals surface area contributed by atoms with Crippen LogP contribution in [0.25, 0.3) is 0 Å². The van der Waals surface area contributed by atoms with Gasteiger partial charge in [0, 0.05) is 50.9 Å². The van der Waals surface area contributed by atoms with E-state index in [0.717, 1.165) is 13.1 Å². The zero-order valence-corrected chi connectivity index (χ0v) is 16.3. The highest BCUT2D eigenvalue weighted by Gasteiger charge is 2.30. The van der Waals surface area contributed by atoms with Crippen molar-refractivity contribution in [2.75, 3.05) is 58.3 Å². The van der Waals surface area contributed by atoms with Gasteiger partial charge in [0.25, 0.3) is 11.6 Å². The molecule has 152 valence electrons. The summed E-state index contributed by atoms with van der Waals surface area (Å²) in [6.45, 7) is 3.98. The molecule has 0 N–H and O–H groups in total.